The Hall–Kier alpha value is -8.16. The summed E-state index contributed by atoms with van der Waals surface area (Å²) in [5.41, 5.74) is 9.07. The van der Waals surface area contributed by atoms with Gasteiger partial charge in [0, 0.05) is 138 Å². The van der Waals surface area contributed by atoms with Crippen LogP contribution in [0.3, 0.4) is 0 Å². The zero-order valence-corrected chi connectivity index (χ0v) is 81.7. The second-order valence-electron chi connectivity index (χ2n) is 34.0. The third-order valence-corrected chi connectivity index (χ3v) is 25.1. The molecule has 0 amide bonds. The summed E-state index contributed by atoms with van der Waals surface area (Å²) < 4.78 is 48.0. The summed E-state index contributed by atoms with van der Waals surface area (Å²) in [7, 11) is 3.76. The zero-order valence-electron chi connectivity index (χ0n) is 75.4. The Labute approximate surface area is 772 Å². The fourth-order valence-corrected chi connectivity index (χ4v) is 18.9. The van der Waals surface area contributed by atoms with E-state index in [2.05, 4.69) is 110 Å². The van der Waals surface area contributed by atoms with Crippen molar-refractivity contribution in [3.8, 4) is 90.9 Å². The normalized spacial score (nSPS) is 14.9. The van der Waals surface area contributed by atoms with Gasteiger partial charge in [0.15, 0.2) is 15.4 Å². The van der Waals surface area contributed by atoms with Crippen molar-refractivity contribution in [2.75, 3.05) is 122 Å². The van der Waals surface area contributed by atoms with E-state index in [1.165, 1.54) is 25.7 Å². The summed E-state index contributed by atoms with van der Waals surface area (Å²) in [5.74, 6) is 6.67. The number of benzene rings is 4. The highest BCUT2D eigenvalue weighted by atomic mass is 35.5. The molecule has 3 aliphatic rings. The highest BCUT2D eigenvalue weighted by Gasteiger charge is 2.26. The van der Waals surface area contributed by atoms with E-state index in [9.17, 15) is 0 Å². The number of hydrogen-bond acceptors (Lipinski definition) is 27. The van der Waals surface area contributed by atoms with Gasteiger partial charge in [-0.3, -0.25) is 14.7 Å². The van der Waals surface area contributed by atoms with E-state index in [4.69, 9.17) is 124 Å². The Morgan fingerprint density at radius 2 is 0.720 bits per heavy atom. The van der Waals surface area contributed by atoms with Crippen LogP contribution in [0.2, 0.25) is 20.1 Å². The number of hydrogen-bond donors (Lipinski definition) is 3. The molecule has 672 valence electrons. The lowest BCUT2D eigenvalue weighted by atomic mass is 10.1. The van der Waals surface area contributed by atoms with Crippen LogP contribution in [-0.4, -0.2) is 208 Å². The molecule has 15 rings (SSSR count). The van der Waals surface area contributed by atoms with Gasteiger partial charge in [-0.15, -0.1) is 45.3 Å². The molecule has 11 heterocycles. The van der Waals surface area contributed by atoms with Crippen molar-refractivity contribution in [3.05, 3.63) is 120 Å². The number of piperidine rings is 1. The van der Waals surface area contributed by atoms with Gasteiger partial charge in [0.05, 0.1) is 76.4 Å². The molecule has 0 saturated carbocycles. The van der Waals surface area contributed by atoms with Gasteiger partial charge < -0.3 is 58.7 Å². The Balaban J connectivity index is 0.000000153. The average Bonchev–Trinajstić information content (AvgIpc) is 1.52. The van der Waals surface area contributed by atoms with Crippen LogP contribution < -0.4 is 53.8 Å². The molecule has 0 aliphatic carbocycles. The number of thiazole rings is 4. The zero-order chi connectivity index (χ0) is 89.3. The van der Waals surface area contributed by atoms with Gasteiger partial charge in [-0.1, -0.05) is 73.6 Å². The number of aromatic nitrogens is 8. The molecule has 8 aromatic heterocycles. The summed E-state index contributed by atoms with van der Waals surface area (Å²) in [6.45, 7) is 48.5. The predicted octanol–water partition coefficient (Wildman–Crippen LogP) is 24.0. The summed E-state index contributed by atoms with van der Waals surface area (Å²) in [6, 6.07) is 24.2. The Morgan fingerprint density at radius 3 is 1.06 bits per heavy atom. The number of likely N-dealkylation sites (N-methyl/N-ethyl adjacent to an activating group) is 1. The van der Waals surface area contributed by atoms with Gasteiger partial charge in [0.25, 0.3) is 0 Å². The second kappa shape index (κ2) is 45.2. The van der Waals surface area contributed by atoms with Gasteiger partial charge in [0.2, 0.25) is 0 Å². The molecule has 3 fully saturated rings. The SMILES string of the molecule is CC(C)Nc1nc(-c2cc(OC(C)C)c3ccc(OCCN4CCCCC4)c(Cl)c3n2)cs1.CC(C)Nc1nc(-c2cc(OC(C)C)c3ccc(OCCN4CCN(C)CC4)c(Cl)c3n2)cs1.CC(C)Nc1nc(-c2cc(OC(C)C)c3ccc(OCCN4CC[C@@H](C)C4)c(Cl)c3n2)cs1.COc1ccc2c(OC(C)C)cc(-c3nc(C(C)C)cs3)nc2c1Cl. The van der Waals surface area contributed by atoms with Crippen LogP contribution in [0, 0.1) is 5.92 Å². The number of nitrogens with one attached hydrogen (secondary N) is 3. The second-order valence-corrected chi connectivity index (χ2v) is 39.0. The van der Waals surface area contributed by atoms with Crippen molar-refractivity contribution in [1.82, 2.24) is 59.5 Å². The molecule has 3 N–H and O–H groups in total. The number of anilines is 3. The Kier molecular flexibility index (Phi) is 34.7. The van der Waals surface area contributed by atoms with E-state index in [-0.39, 0.29) is 24.4 Å². The first-order valence-corrected chi connectivity index (χ1v) is 48.5. The molecular formula is C94H121Cl4N15O8S4. The van der Waals surface area contributed by atoms with Crippen molar-refractivity contribution in [3.63, 3.8) is 0 Å². The monoisotopic (exact) mass is 1860 g/mol. The largest absolute Gasteiger partial charge is 0.495 e. The quantitative estimate of drug-likeness (QED) is 0.0356. The predicted molar refractivity (Wildman–Crippen MR) is 522 cm³/mol. The summed E-state index contributed by atoms with van der Waals surface area (Å²) in [6.07, 6.45) is 5.24. The minimum absolute atomic E-state index is 0.0188. The Bertz CT molecular complexity index is 5380. The number of nitrogens with zero attached hydrogens (tertiary/aromatic N) is 12. The first-order chi connectivity index (χ1) is 59.9. The van der Waals surface area contributed by atoms with Crippen molar-refractivity contribution < 1.29 is 37.9 Å². The number of fused-ring (bicyclic) bond motifs is 4. The first kappa shape index (κ1) is 95.9. The molecule has 0 bridgehead atoms. The highest BCUT2D eigenvalue weighted by molar-refractivity contribution is 7.14. The molecule has 0 radical (unpaired) electrons. The third kappa shape index (κ3) is 26.3. The van der Waals surface area contributed by atoms with Crippen molar-refractivity contribution >= 4 is 151 Å². The maximum atomic E-state index is 6.83. The molecule has 3 aliphatic heterocycles. The molecular weight excluding hydrogens is 1740 g/mol. The van der Waals surface area contributed by atoms with Crippen molar-refractivity contribution in [1.29, 1.82) is 0 Å². The lowest BCUT2D eigenvalue weighted by Gasteiger charge is -2.32. The van der Waals surface area contributed by atoms with Crippen LogP contribution in [0.25, 0.3) is 88.5 Å². The molecule has 31 heteroatoms. The van der Waals surface area contributed by atoms with E-state index >= 15 is 0 Å². The van der Waals surface area contributed by atoms with Crippen LogP contribution >= 0.6 is 91.8 Å². The minimum Gasteiger partial charge on any atom is -0.495 e. The molecule has 1 atom stereocenters. The number of ether oxygens (including phenoxy) is 8. The number of piperazine rings is 1. The van der Waals surface area contributed by atoms with Gasteiger partial charge in [0.1, 0.15) is 114 Å². The maximum Gasteiger partial charge on any atom is 0.183 e. The van der Waals surface area contributed by atoms with Gasteiger partial charge in [-0.05, 0) is 203 Å². The van der Waals surface area contributed by atoms with Crippen LogP contribution in [-0.2, 0) is 0 Å². The van der Waals surface area contributed by atoms with Gasteiger partial charge in [-0.25, -0.2) is 39.9 Å². The third-order valence-electron chi connectivity index (χ3n) is 20.5. The van der Waals surface area contributed by atoms with E-state index in [0.717, 1.165) is 188 Å². The average molecular weight is 1860 g/mol. The molecule has 0 spiro atoms. The summed E-state index contributed by atoms with van der Waals surface area (Å²) in [5, 5.41) is 27.1. The molecule has 23 nitrogen and oxygen atoms in total. The number of halogens is 4. The van der Waals surface area contributed by atoms with E-state index < -0.39 is 0 Å². The van der Waals surface area contributed by atoms with Crippen molar-refractivity contribution in [2.24, 2.45) is 5.92 Å². The van der Waals surface area contributed by atoms with Crippen LogP contribution in [0.15, 0.2) is 94.3 Å². The standard InChI is InChI=1S/C25H34ClN5O2S.2C25H33ClN4O2S.C19H21ClN2O2S/c1-16(2)27-25-29-20(15-34-25)19-14-22(33-17(3)4)18-6-7-21(23(26)24(18)28-19)32-13-12-31-10-8-30(5)9-11-31;1-15(2)27-25-29-20(14-33-25)19-12-22(32-16(3)4)18-6-7-21(23(26)24(18)28-19)31-11-10-30-9-8-17(5)13-30;1-16(2)27-25-29-20(15-33-25)19-14-22(32-17(3)4)18-8-9-21(23(26)24(18)28-19)31-13-12-30-10-6-5-7-11-30;1-10(2)14-9-25-19(22-14)13-8-16(24-11(3)4)12-6-7-15(23-5)17(20)18(12)21-13/h6-7,14-17H,8-13H2,1-5H3,(H,27,29);6-7,12,14-17H,8-11,13H2,1-5H3,(H,27,29);8-9,14-17H,5-7,10-13H2,1-4H3,(H,27,29);6-11H,1-5H3/t;17-;;/m.1../s1. The van der Waals surface area contributed by atoms with E-state index in [1.807, 2.05) is 144 Å². The molecule has 3 saturated heterocycles. The molecule has 4 aromatic carbocycles. The topological polar surface area (TPSA) is 226 Å². The smallest absolute Gasteiger partial charge is 0.183 e. The highest BCUT2D eigenvalue weighted by Crippen LogP contribution is 2.45. The minimum atomic E-state index is 0.0188. The summed E-state index contributed by atoms with van der Waals surface area (Å²) >= 11 is 33.2. The first-order valence-electron chi connectivity index (χ1n) is 43.5. The van der Waals surface area contributed by atoms with Crippen LogP contribution in [0.5, 0.6) is 46.0 Å². The van der Waals surface area contributed by atoms with Crippen LogP contribution in [0.1, 0.15) is 155 Å². The number of rotatable bonds is 32. The van der Waals surface area contributed by atoms with E-state index in [1.54, 1.807) is 52.5 Å². The van der Waals surface area contributed by atoms with Crippen LogP contribution in [0.4, 0.5) is 15.4 Å². The molecule has 0 unspecified atom stereocenters. The van der Waals surface area contributed by atoms with E-state index in [0.29, 0.717) is 109 Å². The van der Waals surface area contributed by atoms with Crippen molar-refractivity contribution in [2.45, 2.75) is 192 Å². The number of likely N-dealkylation sites (tertiary alicyclic amines) is 2. The van der Waals surface area contributed by atoms with Gasteiger partial charge in [-0.2, -0.15) is 0 Å². The summed E-state index contributed by atoms with van der Waals surface area (Å²) in [4.78, 5) is 47.9. The maximum absolute atomic E-state index is 6.83. The molecule has 12 aromatic rings. The fourth-order valence-electron chi connectivity index (χ4n) is 14.4. The lowest BCUT2D eigenvalue weighted by Crippen LogP contribution is -2.45. The van der Waals surface area contributed by atoms with Gasteiger partial charge >= 0.3 is 0 Å². The Morgan fingerprint density at radius 1 is 0.376 bits per heavy atom. The number of pyridine rings is 4. The molecule has 125 heavy (non-hydrogen) atoms. The lowest BCUT2D eigenvalue weighted by molar-refractivity contribution is 0.134. The number of methoxy groups -OCH3 is 1. The fraction of sp³-hybridized carbons (Fsp3) is 0.489.